The average molecular weight is 235 g/mol. The predicted molar refractivity (Wildman–Crippen MR) is 67.5 cm³/mol. The molecule has 2 heteroatoms. The Balaban J connectivity index is 2.39. The van der Waals surface area contributed by atoms with Crippen LogP contribution < -0.4 is 0 Å². The van der Waals surface area contributed by atoms with E-state index in [9.17, 15) is 4.79 Å². The fourth-order valence-electron chi connectivity index (χ4n) is 2.22. The molecule has 0 N–H and O–H groups in total. The molecule has 0 heterocycles. The minimum absolute atomic E-state index is 0.661. The molecule has 2 rings (SSSR count). The van der Waals surface area contributed by atoms with Gasteiger partial charge in [0.1, 0.15) is 6.29 Å². The van der Waals surface area contributed by atoms with E-state index >= 15 is 0 Å². The van der Waals surface area contributed by atoms with Crippen molar-refractivity contribution >= 4 is 23.5 Å². The lowest BCUT2D eigenvalue weighted by Gasteiger charge is -2.22. The standard InChI is InChI=1S/C14H15ClO/c1-10-2-3-12(9-16)14(8-10)11-4-6-13(15)7-5-11/h4-7,9-10H,2-3,8H2,1H3/t10-/m1/s1. The first kappa shape index (κ1) is 11.4. The molecule has 1 aromatic carbocycles. The zero-order valence-electron chi connectivity index (χ0n) is 9.37. The highest BCUT2D eigenvalue weighted by atomic mass is 35.5. The summed E-state index contributed by atoms with van der Waals surface area (Å²) in [6, 6.07) is 7.76. The van der Waals surface area contributed by atoms with Crippen LogP contribution in [0.15, 0.2) is 29.8 Å². The van der Waals surface area contributed by atoms with E-state index < -0.39 is 0 Å². The number of benzene rings is 1. The SMILES string of the molecule is C[C@@H]1CCC(C=O)=C(c2ccc(Cl)cc2)C1. The van der Waals surface area contributed by atoms with E-state index in [1.54, 1.807) is 0 Å². The van der Waals surface area contributed by atoms with Gasteiger partial charge in [-0.05, 0) is 54.0 Å². The van der Waals surface area contributed by atoms with E-state index in [1.165, 1.54) is 5.57 Å². The van der Waals surface area contributed by atoms with Gasteiger partial charge in [-0.15, -0.1) is 0 Å². The van der Waals surface area contributed by atoms with Crippen molar-refractivity contribution in [3.63, 3.8) is 0 Å². The van der Waals surface area contributed by atoms with Gasteiger partial charge in [-0.3, -0.25) is 4.79 Å². The summed E-state index contributed by atoms with van der Waals surface area (Å²) in [6.45, 7) is 2.23. The number of carbonyl (C=O) groups excluding carboxylic acids is 1. The van der Waals surface area contributed by atoms with E-state index in [2.05, 4.69) is 6.92 Å². The number of hydrogen-bond donors (Lipinski definition) is 0. The molecule has 1 aromatic rings. The first-order chi connectivity index (χ1) is 7.70. The van der Waals surface area contributed by atoms with Crippen molar-refractivity contribution in [3.8, 4) is 0 Å². The molecular weight excluding hydrogens is 220 g/mol. The van der Waals surface area contributed by atoms with Gasteiger partial charge in [0, 0.05) is 5.02 Å². The Kier molecular flexibility index (Phi) is 3.45. The third kappa shape index (κ3) is 2.35. The number of aldehydes is 1. The predicted octanol–water partition coefficient (Wildman–Crippen LogP) is 4.11. The van der Waals surface area contributed by atoms with Gasteiger partial charge in [0.15, 0.2) is 0 Å². The van der Waals surface area contributed by atoms with Gasteiger partial charge in [-0.2, -0.15) is 0 Å². The Morgan fingerprint density at radius 3 is 2.62 bits per heavy atom. The summed E-state index contributed by atoms with van der Waals surface area (Å²) in [6.07, 6.45) is 4.03. The van der Waals surface area contributed by atoms with Gasteiger partial charge < -0.3 is 0 Å². The number of rotatable bonds is 2. The zero-order valence-corrected chi connectivity index (χ0v) is 10.1. The summed E-state index contributed by atoms with van der Waals surface area (Å²) in [4.78, 5) is 11.0. The molecular formula is C14H15ClO. The lowest BCUT2D eigenvalue weighted by atomic mass is 9.82. The lowest BCUT2D eigenvalue weighted by Crippen LogP contribution is -2.08. The zero-order chi connectivity index (χ0) is 11.5. The van der Waals surface area contributed by atoms with Gasteiger partial charge in [-0.1, -0.05) is 30.7 Å². The molecule has 0 spiro atoms. The van der Waals surface area contributed by atoms with Crippen molar-refractivity contribution in [2.75, 3.05) is 0 Å². The van der Waals surface area contributed by atoms with Crippen LogP contribution in [0.2, 0.25) is 5.02 Å². The third-order valence-electron chi connectivity index (χ3n) is 3.18. The second-order valence-corrected chi connectivity index (χ2v) is 4.91. The van der Waals surface area contributed by atoms with Crippen LogP contribution in [0.3, 0.4) is 0 Å². The minimum Gasteiger partial charge on any atom is -0.298 e. The molecule has 1 atom stereocenters. The summed E-state index contributed by atoms with van der Waals surface area (Å²) in [7, 11) is 0. The molecule has 0 unspecified atom stereocenters. The van der Waals surface area contributed by atoms with Gasteiger partial charge in [0.05, 0.1) is 0 Å². The van der Waals surface area contributed by atoms with Crippen LogP contribution >= 0.6 is 11.6 Å². The maximum Gasteiger partial charge on any atom is 0.146 e. The Hall–Kier alpha value is -1.08. The van der Waals surface area contributed by atoms with Gasteiger partial charge in [0.2, 0.25) is 0 Å². The smallest absolute Gasteiger partial charge is 0.146 e. The van der Waals surface area contributed by atoms with Crippen LogP contribution in [-0.2, 0) is 4.79 Å². The number of allylic oxidation sites excluding steroid dienone is 2. The van der Waals surface area contributed by atoms with Crippen LogP contribution in [0, 0.1) is 5.92 Å². The van der Waals surface area contributed by atoms with E-state index in [4.69, 9.17) is 11.6 Å². The third-order valence-corrected chi connectivity index (χ3v) is 3.43. The molecule has 0 radical (unpaired) electrons. The summed E-state index contributed by atoms with van der Waals surface area (Å²) >= 11 is 5.86. The van der Waals surface area contributed by atoms with Crippen LogP contribution in [-0.4, -0.2) is 6.29 Å². The van der Waals surface area contributed by atoms with E-state index in [1.807, 2.05) is 24.3 Å². The van der Waals surface area contributed by atoms with Gasteiger partial charge in [0.25, 0.3) is 0 Å². The van der Waals surface area contributed by atoms with Crippen LogP contribution in [0.4, 0.5) is 0 Å². The first-order valence-corrected chi connectivity index (χ1v) is 6.01. The molecule has 1 aliphatic carbocycles. The topological polar surface area (TPSA) is 17.1 Å². The van der Waals surface area contributed by atoms with Crippen LogP contribution in [0.25, 0.3) is 5.57 Å². The molecule has 0 saturated carbocycles. The molecule has 0 saturated heterocycles. The highest BCUT2D eigenvalue weighted by Gasteiger charge is 2.18. The van der Waals surface area contributed by atoms with E-state index in [0.717, 1.165) is 41.7 Å². The molecule has 1 aliphatic rings. The number of halogens is 1. The highest BCUT2D eigenvalue weighted by molar-refractivity contribution is 6.30. The Morgan fingerprint density at radius 1 is 1.31 bits per heavy atom. The molecule has 16 heavy (non-hydrogen) atoms. The minimum atomic E-state index is 0.661. The maximum absolute atomic E-state index is 11.0. The van der Waals surface area contributed by atoms with Crippen molar-refractivity contribution < 1.29 is 4.79 Å². The monoisotopic (exact) mass is 234 g/mol. The fraction of sp³-hybridized carbons (Fsp3) is 0.357. The van der Waals surface area contributed by atoms with E-state index in [0.29, 0.717) is 5.92 Å². The molecule has 0 fully saturated rings. The normalized spacial score (nSPS) is 21.0. The van der Waals surface area contributed by atoms with Crippen molar-refractivity contribution in [2.24, 2.45) is 5.92 Å². The Labute approximate surface area is 101 Å². The molecule has 84 valence electrons. The van der Waals surface area contributed by atoms with E-state index in [-0.39, 0.29) is 0 Å². The number of hydrogen-bond acceptors (Lipinski definition) is 1. The summed E-state index contributed by atoms with van der Waals surface area (Å²) in [5.74, 6) is 0.661. The molecule has 0 amide bonds. The Morgan fingerprint density at radius 2 is 2.00 bits per heavy atom. The summed E-state index contributed by atoms with van der Waals surface area (Å²) < 4.78 is 0. The first-order valence-electron chi connectivity index (χ1n) is 5.64. The second kappa shape index (κ2) is 4.84. The summed E-state index contributed by atoms with van der Waals surface area (Å²) in [5.41, 5.74) is 3.30. The molecule has 0 aliphatic heterocycles. The molecule has 1 nitrogen and oxygen atoms in total. The molecule has 0 aromatic heterocycles. The molecule has 0 bridgehead atoms. The van der Waals surface area contributed by atoms with Crippen molar-refractivity contribution in [1.82, 2.24) is 0 Å². The van der Waals surface area contributed by atoms with Crippen LogP contribution in [0.1, 0.15) is 31.7 Å². The van der Waals surface area contributed by atoms with Crippen molar-refractivity contribution in [1.29, 1.82) is 0 Å². The van der Waals surface area contributed by atoms with Crippen LogP contribution in [0.5, 0.6) is 0 Å². The fourth-order valence-corrected chi connectivity index (χ4v) is 2.34. The lowest BCUT2D eigenvalue weighted by molar-refractivity contribution is -0.105. The highest BCUT2D eigenvalue weighted by Crippen LogP contribution is 2.34. The maximum atomic E-state index is 11.0. The van der Waals surface area contributed by atoms with Crippen molar-refractivity contribution in [3.05, 3.63) is 40.4 Å². The van der Waals surface area contributed by atoms with Crippen molar-refractivity contribution in [2.45, 2.75) is 26.2 Å². The second-order valence-electron chi connectivity index (χ2n) is 4.48. The van der Waals surface area contributed by atoms with Gasteiger partial charge >= 0.3 is 0 Å². The Bertz CT molecular complexity index is 417. The average Bonchev–Trinajstić information content (AvgIpc) is 2.30. The number of carbonyl (C=O) groups is 1. The quantitative estimate of drug-likeness (QED) is 0.704. The largest absolute Gasteiger partial charge is 0.298 e. The summed E-state index contributed by atoms with van der Waals surface area (Å²) in [5, 5.41) is 0.737. The van der Waals surface area contributed by atoms with Gasteiger partial charge in [-0.25, -0.2) is 0 Å².